The lowest BCUT2D eigenvalue weighted by molar-refractivity contribution is 0.0905. The second kappa shape index (κ2) is 4.78. The summed E-state index contributed by atoms with van der Waals surface area (Å²) in [6, 6.07) is 5.36. The van der Waals surface area contributed by atoms with Crippen LogP contribution < -0.4 is 5.32 Å². The first-order chi connectivity index (χ1) is 8.74. The Bertz CT molecular complexity index is 575. The van der Waals surface area contributed by atoms with Gasteiger partial charge >= 0.3 is 0 Å². The van der Waals surface area contributed by atoms with E-state index >= 15 is 0 Å². The number of fused-ring (bicyclic) bond motifs is 1. The number of furan rings is 1. The lowest BCUT2D eigenvalue weighted by Gasteiger charge is -2.23. The molecule has 3 nitrogen and oxygen atoms in total. The Morgan fingerprint density at radius 1 is 1.44 bits per heavy atom. The van der Waals surface area contributed by atoms with Crippen LogP contribution in [-0.2, 0) is 6.42 Å². The molecule has 2 aromatic rings. The number of aryl methyl sites for hydroxylation is 1. The van der Waals surface area contributed by atoms with Crippen LogP contribution in [0.15, 0.2) is 28.0 Å². The predicted molar refractivity (Wildman–Crippen MR) is 71.2 cm³/mol. The molecule has 1 unspecified atom stereocenters. The number of carbonyl (C=O) groups excluding carboxylic acids is 1. The molecule has 2 heterocycles. The average molecular weight is 282 g/mol. The van der Waals surface area contributed by atoms with Gasteiger partial charge in [-0.1, -0.05) is 0 Å². The van der Waals surface area contributed by atoms with Gasteiger partial charge in [-0.2, -0.15) is 0 Å². The molecule has 1 aliphatic carbocycles. The van der Waals surface area contributed by atoms with Gasteiger partial charge in [-0.25, -0.2) is 0 Å². The number of halogens is 1. The summed E-state index contributed by atoms with van der Waals surface area (Å²) in [6.45, 7) is 0. The van der Waals surface area contributed by atoms with Gasteiger partial charge in [-0.3, -0.25) is 4.79 Å². The van der Waals surface area contributed by atoms with E-state index in [1.165, 1.54) is 10.4 Å². The molecule has 0 fully saturated rings. The van der Waals surface area contributed by atoms with E-state index in [1.54, 1.807) is 23.5 Å². The largest absolute Gasteiger partial charge is 0.440 e. The van der Waals surface area contributed by atoms with Crippen LogP contribution in [0.3, 0.4) is 0 Å². The van der Waals surface area contributed by atoms with E-state index in [1.807, 2.05) is 0 Å². The van der Waals surface area contributed by atoms with Crippen molar-refractivity contribution in [1.82, 2.24) is 5.32 Å². The summed E-state index contributed by atoms with van der Waals surface area (Å²) < 4.78 is 5.11. The number of thiophene rings is 1. The maximum absolute atomic E-state index is 12.0. The molecule has 1 aliphatic rings. The molecular formula is C13H12ClNO2S. The van der Waals surface area contributed by atoms with Crippen molar-refractivity contribution in [3.63, 3.8) is 0 Å². The van der Waals surface area contributed by atoms with Crippen LogP contribution in [0, 0.1) is 0 Å². The highest BCUT2D eigenvalue weighted by Crippen LogP contribution is 2.33. The second-order valence-corrected chi connectivity index (χ2v) is 5.69. The molecule has 1 N–H and O–H groups in total. The third-order valence-corrected chi connectivity index (χ3v) is 4.35. The molecule has 1 amide bonds. The molecule has 0 aliphatic heterocycles. The fourth-order valence-electron chi connectivity index (χ4n) is 2.30. The van der Waals surface area contributed by atoms with E-state index in [2.05, 4.69) is 16.8 Å². The van der Waals surface area contributed by atoms with Crippen LogP contribution in [0.2, 0.25) is 5.22 Å². The van der Waals surface area contributed by atoms with E-state index in [-0.39, 0.29) is 22.9 Å². The van der Waals surface area contributed by atoms with Crippen LogP contribution in [0.1, 0.15) is 39.9 Å². The first-order valence-corrected chi connectivity index (χ1v) is 7.12. The van der Waals surface area contributed by atoms with Crippen LogP contribution in [-0.4, -0.2) is 5.91 Å². The lowest BCUT2D eigenvalue weighted by atomic mass is 9.94. The lowest BCUT2D eigenvalue weighted by Crippen LogP contribution is -2.30. The highest BCUT2D eigenvalue weighted by atomic mass is 35.5. The summed E-state index contributed by atoms with van der Waals surface area (Å²) in [4.78, 5) is 13.4. The molecule has 5 heteroatoms. The molecule has 0 aromatic carbocycles. The number of carbonyl (C=O) groups is 1. The molecule has 0 spiro atoms. The third-order valence-electron chi connectivity index (χ3n) is 3.15. The predicted octanol–water partition coefficient (Wildman–Crippen LogP) is 3.80. The zero-order valence-electron chi connectivity index (χ0n) is 9.61. The fourth-order valence-corrected chi connectivity index (χ4v) is 3.44. The maximum Gasteiger partial charge on any atom is 0.287 e. The summed E-state index contributed by atoms with van der Waals surface area (Å²) in [5.74, 6) is 0.0632. The van der Waals surface area contributed by atoms with Crippen molar-refractivity contribution in [2.45, 2.75) is 25.3 Å². The third kappa shape index (κ3) is 2.18. The van der Waals surface area contributed by atoms with Crippen molar-refractivity contribution >= 4 is 28.8 Å². The van der Waals surface area contributed by atoms with Crippen LogP contribution in [0.25, 0.3) is 0 Å². The van der Waals surface area contributed by atoms with E-state index in [4.69, 9.17) is 16.0 Å². The molecule has 0 saturated heterocycles. The fraction of sp³-hybridized carbons (Fsp3) is 0.308. The Labute approximate surface area is 114 Å². The number of hydrogen-bond acceptors (Lipinski definition) is 3. The van der Waals surface area contributed by atoms with E-state index < -0.39 is 0 Å². The quantitative estimate of drug-likeness (QED) is 0.910. The zero-order valence-corrected chi connectivity index (χ0v) is 11.2. The van der Waals surface area contributed by atoms with Crippen molar-refractivity contribution < 1.29 is 9.21 Å². The van der Waals surface area contributed by atoms with Gasteiger partial charge in [0.1, 0.15) is 0 Å². The SMILES string of the molecule is O=C(NC1CCCc2sccc21)c1ccc(Cl)o1. The summed E-state index contributed by atoms with van der Waals surface area (Å²) >= 11 is 7.43. The highest BCUT2D eigenvalue weighted by Gasteiger charge is 2.24. The van der Waals surface area contributed by atoms with Gasteiger partial charge in [0.25, 0.3) is 5.91 Å². The van der Waals surface area contributed by atoms with Crippen molar-refractivity contribution in [1.29, 1.82) is 0 Å². The number of nitrogens with one attached hydrogen (secondary N) is 1. The van der Waals surface area contributed by atoms with Crippen molar-refractivity contribution in [3.05, 3.63) is 45.0 Å². The van der Waals surface area contributed by atoms with Gasteiger partial charge in [-0.15, -0.1) is 11.3 Å². The number of hydrogen-bond donors (Lipinski definition) is 1. The van der Waals surface area contributed by atoms with E-state index in [0.717, 1.165) is 19.3 Å². The van der Waals surface area contributed by atoms with E-state index in [9.17, 15) is 4.79 Å². The second-order valence-electron chi connectivity index (χ2n) is 4.32. The Balaban J connectivity index is 1.77. The minimum absolute atomic E-state index is 0.0939. The first kappa shape index (κ1) is 11.8. The Morgan fingerprint density at radius 2 is 2.33 bits per heavy atom. The standard InChI is InChI=1S/C13H12ClNO2S/c14-12-5-4-10(17-12)13(16)15-9-2-1-3-11-8(9)6-7-18-11/h4-7,9H,1-3H2,(H,15,16). The molecule has 0 saturated carbocycles. The van der Waals surface area contributed by atoms with Gasteiger partial charge in [-0.05, 0) is 60.0 Å². The molecule has 0 bridgehead atoms. The Hall–Kier alpha value is -1.26. The molecule has 94 valence electrons. The zero-order chi connectivity index (χ0) is 12.5. The van der Waals surface area contributed by atoms with Crippen molar-refractivity contribution in [2.75, 3.05) is 0 Å². The average Bonchev–Trinajstić information content (AvgIpc) is 2.97. The Morgan fingerprint density at radius 3 is 3.11 bits per heavy atom. The van der Waals surface area contributed by atoms with Crippen molar-refractivity contribution in [2.24, 2.45) is 0 Å². The molecule has 1 atom stereocenters. The minimum Gasteiger partial charge on any atom is -0.440 e. The van der Waals surface area contributed by atoms with Gasteiger partial charge in [0, 0.05) is 4.88 Å². The number of amides is 1. The molecule has 0 radical (unpaired) electrons. The van der Waals surface area contributed by atoms with Crippen molar-refractivity contribution in [3.8, 4) is 0 Å². The summed E-state index contributed by atoms with van der Waals surface area (Å²) in [6.07, 6.45) is 3.20. The minimum atomic E-state index is -0.203. The van der Waals surface area contributed by atoms with Crippen LogP contribution in [0.5, 0.6) is 0 Å². The Kier molecular flexibility index (Phi) is 3.14. The molecule has 2 aromatic heterocycles. The van der Waals surface area contributed by atoms with Gasteiger partial charge in [0.2, 0.25) is 0 Å². The normalized spacial score (nSPS) is 18.4. The highest BCUT2D eigenvalue weighted by molar-refractivity contribution is 7.10. The first-order valence-electron chi connectivity index (χ1n) is 5.86. The molecule has 3 rings (SSSR count). The molecular weight excluding hydrogens is 270 g/mol. The van der Waals surface area contributed by atoms with Gasteiger partial charge < -0.3 is 9.73 Å². The maximum atomic E-state index is 12.0. The van der Waals surface area contributed by atoms with Gasteiger partial charge in [0.05, 0.1) is 6.04 Å². The summed E-state index contributed by atoms with van der Waals surface area (Å²) in [5.41, 5.74) is 1.25. The monoisotopic (exact) mass is 281 g/mol. The number of rotatable bonds is 2. The van der Waals surface area contributed by atoms with Gasteiger partial charge in [0.15, 0.2) is 11.0 Å². The topological polar surface area (TPSA) is 42.2 Å². The van der Waals surface area contributed by atoms with E-state index in [0.29, 0.717) is 0 Å². The van der Waals surface area contributed by atoms with Crippen LogP contribution >= 0.6 is 22.9 Å². The molecule has 18 heavy (non-hydrogen) atoms. The summed E-state index contributed by atoms with van der Waals surface area (Å²) in [7, 11) is 0. The smallest absolute Gasteiger partial charge is 0.287 e. The van der Waals surface area contributed by atoms with Crippen LogP contribution in [0.4, 0.5) is 0 Å². The summed E-state index contributed by atoms with van der Waals surface area (Å²) in [5, 5.41) is 5.32.